The van der Waals surface area contributed by atoms with Crippen molar-refractivity contribution in [2.75, 3.05) is 11.9 Å². The van der Waals surface area contributed by atoms with E-state index in [-0.39, 0.29) is 0 Å². The first-order valence-corrected chi connectivity index (χ1v) is 10.1. The maximum absolute atomic E-state index is 5.99. The minimum atomic E-state index is 0.711. The van der Waals surface area contributed by atoms with Crippen LogP contribution in [0.5, 0.6) is 17.2 Å². The van der Waals surface area contributed by atoms with Gasteiger partial charge < -0.3 is 9.47 Å². The van der Waals surface area contributed by atoms with E-state index in [0.717, 1.165) is 41.8 Å². The molecule has 0 amide bonds. The van der Waals surface area contributed by atoms with E-state index in [1.165, 1.54) is 11.1 Å². The molecule has 0 aromatic heterocycles. The highest BCUT2D eigenvalue weighted by Gasteiger charge is 2.08. The molecule has 3 rings (SSSR count). The maximum atomic E-state index is 5.99. The first-order valence-electron chi connectivity index (χ1n) is 8.93. The SMILES string of the molecule is BrCCCOc1ccc(Oc2ccccc2)cc1CCc1ccccc1. The molecule has 0 bridgehead atoms. The second-order valence-corrected chi connectivity index (χ2v) is 6.85. The molecule has 0 spiro atoms. The van der Waals surface area contributed by atoms with E-state index < -0.39 is 0 Å². The van der Waals surface area contributed by atoms with Gasteiger partial charge in [0.15, 0.2) is 0 Å². The third kappa shape index (κ3) is 5.63. The number of halogens is 1. The maximum Gasteiger partial charge on any atom is 0.127 e. The third-order valence-corrected chi connectivity index (χ3v) is 4.63. The van der Waals surface area contributed by atoms with Crippen LogP contribution in [0.25, 0.3) is 0 Å². The molecule has 0 aliphatic carbocycles. The van der Waals surface area contributed by atoms with Crippen LogP contribution in [0.1, 0.15) is 17.5 Å². The zero-order valence-electron chi connectivity index (χ0n) is 14.7. The van der Waals surface area contributed by atoms with Crippen molar-refractivity contribution in [1.82, 2.24) is 0 Å². The van der Waals surface area contributed by atoms with Crippen molar-refractivity contribution < 1.29 is 9.47 Å². The molecule has 0 aliphatic heterocycles. The van der Waals surface area contributed by atoms with Crippen LogP contribution in [0.3, 0.4) is 0 Å². The predicted molar refractivity (Wildman–Crippen MR) is 111 cm³/mol. The zero-order valence-corrected chi connectivity index (χ0v) is 16.3. The van der Waals surface area contributed by atoms with Crippen molar-refractivity contribution in [2.45, 2.75) is 19.3 Å². The van der Waals surface area contributed by atoms with Crippen LogP contribution in [-0.4, -0.2) is 11.9 Å². The number of alkyl halides is 1. The van der Waals surface area contributed by atoms with Crippen LogP contribution in [0.15, 0.2) is 78.9 Å². The number of hydrogen-bond acceptors (Lipinski definition) is 2. The van der Waals surface area contributed by atoms with E-state index in [4.69, 9.17) is 9.47 Å². The first kappa shape index (κ1) is 18.5. The highest BCUT2D eigenvalue weighted by Crippen LogP contribution is 2.29. The molecule has 3 aromatic carbocycles. The lowest BCUT2D eigenvalue weighted by Crippen LogP contribution is -2.02. The molecular weight excluding hydrogens is 388 g/mol. The second kappa shape index (κ2) is 10.0. The molecule has 0 saturated carbocycles. The molecule has 3 heteroatoms. The highest BCUT2D eigenvalue weighted by molar-refractivity contribution is 9.09. The van der Waals surface area contributed by atoms with Crippen LogP contribution in [-0.2, 0) is 12.8 Å². The van der Waals surface area contributed by atoms with E-state index in [1.807, 2.05) is 48.5 Å². The van der Waals surface area contributed by atoms with Gasteiger partial charge in [-0.1, -0.05) is 64.5 Å². The minimum absolute atomic E-state index is 0.711. The average molecular weight is 411 g/mol. The van der Waals surface area contributed by atoms with Crippen molar-refractivity contribution in [3.63, 3.8) is 0 Å². The number of aryl methyl sites for hydroxylation is 2. The second-order valence-electron chi connectivity index (χ2n) is 6.06. The lowest BCUT2D eigenvalue weighted by Gasteiger charge is -2.14. The van der Waals surface area contributed by atoms with Gasteiger partial charge in [-0.3, -0.25) is 0 Å². The molecule has 0 saturated heterocycles. The summed E-state index contributed by atoms with van der Waals surface area (Å²) in [5, 5.41) is 0.946. The molecule has 0 atom stereocenters. The summed E-state index contributed by atoms with van der Waals surface area (Å²) in [6.45, 7) is 0.711. The molecule has 2 nitrogen and oxygen atoms in total. The van der Waals surface area contributed by atoms with Gasteiger partial charge in [0.25, 0.3) is 0 Å². The van der Waals surface area contributed by atoms with Crippen molar-refractivity contribution in [1.29, 1.82) is 0 Å². The monoisotopic (exact) mass is 410 g/mol. The Morgan fingerprint density at radius 2 is 1.46 bits per heavy atom. The Labute approximate surface area is 163 Å². The van der Waals surface area contributed by atoms with Gasteiger partial charge in [0.1, 0.15) is 17.2 Å². The van der Waals surface area contributed by atoms with Gasteiger partial charge in [0, 0.05) is 5.33 Å². The molecule has 134 valence electrons. The molecule has 0 unspecified atom stereocenters. The van der Waals surface area contributed by atoms with Crippen LogP contribution in [0.2, 0.25) is 0 Å². The van der Waals surface area contributed by atoms with Crippen molar-refractivity contribution in [2.24, 2.45) is 0 Å². The van der Waals surface area contributed by atoms with Gasteiger partial charge in [-0.15, -0.1) is 0 Å². The van der Waals surface area contributed by atoms with Gasteiger partial charge in [-0.2, -0.15) is 0 Å². The Kier molecular flexibility index (Phi) is 7.15. The normalized spacial score (nSPS) is 10.5. The van der Waals surface area contributed by atoms with Gasteiger partial charge in [-0.25, -0.2) is 0 Å². The molecule has 0 aliphatic rings. The predicted octanol–water partition coefficient (Wildman–Crippen LogP) is 6.43. The van der Waals surface area contributed by atoms with Gasteiger partial charge in [-0.05, 0) is 60.7 Å². The number of ether oxygens (including phenoxy) is 2. The topological polar surface area (TPSA) is 18.5 Å². The number of para-hydroxylation sites is 1. The van der Waals surface area contributed by atoms with E-state index in [9.17, 15) is 0 Å². The Balaban J connectivity index is 1.75. The largest absolute Gasteiger partial charge is 0.493 e. The Morgan fingerprint density at radius 3 is 2.19 bits per heavy atom. The molecule has 0 fully saturated rings. The summed E-state index contributed by atoms with van der Waals surface area (Å²) in [5.74, 6) is 2.63. The van der Waals surface area contributed by atoms with Gasteiger partial charge in [0.05, 0.1) is 6.61 Å². The summed E-state index contributed by atoms with van der Waals surface area (Å²) in [4.78, 5) is 0. The van der Waals surface area contributed by atoms with Crippen LogP contribution in [0, 0.1) is 0 Å². The average Bonchev–Trinajstić information content (AvgIpc) is 2.69. The number of benzene rings is 3. The van der Waals surface area contributed by atoms with Crippen LogP contribution >= 0.6 is 15.9 Å². The van der Waals surface area contributed by atoms with Crippen LogP contribution < -0.4 is 9.47 Å². The van der Waals surface area contributed by atoms with Gasteiger partial charge >= 0.3 is 0 Å². The number of hydrogen-bond donors (Lipinski definition) is 0. The smallest absolute Gasteiger partial charge is 0.127 e. The Bertz CT molecular complexity index is 788. The highest BCUT2D eigenvalue weighted by atomic mass is 79.9. The Hall–Kier alpha value is -2.26. The summed E-state index contributed by atoms with van der Waals surface area (Å²) < 4.78 is 12.0. The lowest BCUT2D eigenvalue weighted by atomic mass is 10.0. The summed E-state index contributed by atoms with van der Waals surface area (Å²) in [5.41, 5.74) is 2.50. The standard InChI is InChI=1S/C23H23BrO2/c24-16-7-17-25-23-15-14-22(26-21-10-5-2-6-11-21)18-20(23)13-12-19-8-3-1-4-9-19/h1-6,8-11,14-15,18H,7,12-13,16-17H2. The lowest BCUT2D eigenvalue weighted by molar-refractivity contribution is 0.315. The molecular formula is C23H23BrO2. The van der Waals surface area contributed by atoms with E-state index >= 15 is 0 Å². The molecule has 0 N–H and O–H groups in total. The van der Waals surface area contributed by atoms with Crippen molar-refractivity contribution >= 4 is 15.9 Å². The summed E-state index contributed by atoms with van der Waals surface area (Å²) in [7, 11) is 0. The quantitative estimate of drug-likeness (QED) is 0.299. The van der Waals surface area contributed by atoms with Crippen LogP contribution in [0.4, 0.5) is 0 Å². The molecule has 0 radical (unpaired) electrons. The van der Waals surface area contributed by atoms with Gasteiger partial charge in [0.2, 0.25) is 0 Å². The first-order chi connectivity index (χ1) is 12.8. The molecule has 0 heterocycles. The minimum Gasteiger partial charge on any atom is -0.493 e. The van der Waals surface area contributed by atoms with E-state index in [0.29, 0.717) is 6.61 Å². The summed E-state index contributed by atoms with van der Waals surface area (Å²) in [6.07, 6.45) is 2.88. The molecule has 3 aromatic rings. The Morgan fingerprint density at radius 1 is 0.731 bits per heavy atom. The fourth-order valence-corrected chi connectivity index (χ4v) is 2.97. The van der Waals surface area contributed by atoms with Crippen molar-refractivity contribution in [3.8, 4) is 17.2 Å². The number of rotatable bonds is 9. The summed E-state index contributed by atoms with van der Waals surface area (Å²) in [6, 6.07) is 26.5. The third-order valence-electron chi connectivity index (χ3n) is 4.07. The van der Waals surface area contributed by atoms with E-state index in [1.54, 1.807) is 0 Å². The fourth-order valence-electron chi connectivity index (χ4n) is 2.74. The molecule has 26 heavy (non-hydrogen) atoms. The summed E-state index contributed by atoms with van der Waals surface area (Å²) >= 11 is 3.45. The van der Waals surface area contributed by atoms with E-state index in [2.05, 4.69) is 46.3 Å². The fraction of sp³-hybridized carbons (Fsp3) is 0.217. The van der Waals surface area contributed by atoms with Crippen molar-refractivity contribution in [3.05, 3.63) is 90.0 Å². The zero-order chi connectivity index (χ0) is 18.0.